The molecule has 1 aromatic rings. The second-order valence-corrected chi connectivity index (χ2v) is 20.0. The first-order valence-corrected chi connectivity index (χ1v) is 21.4. The highest BCUT2D eigenvalue weighted by atomic mass is 19.1. The van der Waals surface area contributed by atoms with Gasteiger partial charge in [0.25, 0.3) is 0 Å². The summed E-state index contributed by atoms with van der Waals surface area (Å²) in [5.41, 5.74) is 1.89. The number of esters is 2. The molecule has 8 nitrogen and oxygen atoms in total. The maximum Gasteiger partial charge on any atom is 0.397 e. The monoisotopic (exact) mass is 762 g/mol. The SMILES string of the molecule is C=C(C)C1CCC2(C(=O)OCCN3CCN(C(=O)C(=O)OCCc4cccc(F)c4)CC3)CCC3(C)C(CCC4C5(C)CCC(O)C(C)(C)C5CCC43C)C12. The predicted octanol–water partition coefficient (Wildman–Crippen LogP) is 7.62. The van der Waals surface area contributed by atoms with Gasteiger partial charge in [-0.1, -0.05) is 58.9 Å². The molecule has 0 bridgehead atoms. The number of carbonyl (C=O) groups excluding carboxylic acids is 3. The Kier molecular flexibility index (Phi) is 10.9. The molecule has 7 rings (SSSR count). The van der Waals surface area contributed by atoms with Crippen LogP contribution in [0.1, 0.15) is 111 Å². The molecule has 1 N–H and O–H groups in total. The summed E-state index contributed by atoms with van der Waals surface area (Å²) < 4.78 is 24.9. The molecule has 5 aliphatic carbocycles. The number of ether oxygens (including phenoxy) is 2. The summed E-state index contributed by atoms with van der Waals surface area (Å²) >= 11 is 0. The maximum atomic E-state index is 14.5. The van der Waals surface area contributed by atoms with E-state index in [0.717, 1.165) is 44.9 Å². The minimum atomic E-state index is -0.886. The molecule has 0 aromatic heterocycles. The van der Waals surface area contributed by atoms with E-state index in [1.807, 2.05) is 0 Å². The van der Waals surface area contributed by atoms with E-state index >= 15 is 0 Å². The summed E-state index contributed by atoms with van der Waals surface area (Å²) in [7, 11) is 0. The van der Waals surface area contributed by atoms with Gasteiger partial charge < -0.3 is 19.5 Å². The van der Waals surface area contributed by atoms with Crippen LogP contribution in [0.25, 0.3) is 0 Å². The van der Waals surface area contributed by atoms with Crippen molar-refractivity contribution in [3.05, 3.63) is 47.8 Å². The molecular formula is C46H67FN2O6. The fourth-order valence-electron chi connectivity index (χ4n) is 14.2. The number of amides is 1. The molecule has 10 atom stereocenters. The third kappa shape index (κ3) is 6.69. The van der Waals surface area contributed by atoms with Crippen molar-refractivity contribution in [1.82, 2.24) is 9.80 Å². The van der Waals surface area contributed by atoms with Crippen molar-refractivity contribution in [2.45, 2.75) is 118 Å². The first kappa shape index (κ1) is 40.4. The number of aliphatic hydroxyl groups is 1. The highest BCUT2D eigenvalue weighted by molar-refractivity contribution is 6.32. The summed E-state index contributed by atoms with van der Waals surface area (Å²) in [6, 6.07) is 6.11. The van der Waals surface area contributed by atoms with Crippen molar-refractivity contribution < 1.29 is 33.4 Å². The van der Waals surface area contributed by atoms with Gasteiger partial charge in [-0.2, -0.15) is 0 Å². The molecule has 0 spiro atoms. The zero-order valence-corrected chi connectivity index (χ0v) is 34.5. The number of piperazine rings is 1. The Labute approximate surface area is 328 Å². The van der Waals surface area contributed by atoms with Crippen molar-refractivity contribution in [2.24, 2.45) is 56.7 Å². The fraction of sp³-hybridized carbons (Fsp3) is 0.761. The summed E-state index contributed by atoms with van der Waals surface area (Å²) in [6.45, 7) is 21.9. The second kappa shape index (κ2) is 14.9. The molecule has 1 aromatic carbocycles. The lowest BCUT2D eigenvalue weighted by molar-refractivity contribution is -0.248. The molecule has 0 radical (unpaired) electrons. The van der Waals surface area contributed by atoms with E-state index in [-0.39, 0.29) is 52.1 Å². The lowest BCUT2D eigenvalue weighted by Crippen LogP contribution is -2.67. The van der Waals surface area contributed by atoms with E-state index in [0.29, 0.717) is 75.0 Å². The van der Waals surface area contributed by atoms with Crippen LogP contribution in [0.5, 0.6) is 0 Å². The maximum absolute atomic E-state index is 14.5. The van der Waals surface area contributed by atoms with Crippen LogP contribution in [-0.4, -0.2) is 84.8 Å². The smallest absolute Gasteiger partial charge is 0.397 e. The van der Waals surface area contributed by atoms with Gasteiger partial charge in [-0.05, 0) is 140 Å². The van der Waals surface area contributed by atoms with Crippen LogP contribution in [0.3, 0.4) is 0 Å². The summed E-state index contributed by atoms with van der Waals surface area (Å²) in [4.78, 5) is 43.4. The number of allylic oxidation sites excluding steroid dienone is 1. The van der Waals surface area contributed by atoms with Gasteiger partial charge in [0.1, 0.15) is 12.4 Å². The van der Waals surface area contributed by atoms with Crippen molar-refractivity contribution in [3.63, 3.8) is 0 Å². The third-order valence-electron chi connectivity index (χ3n) is 17.4. The fourth-order valence-corrected chi connectivity index (χ4v) is 14.2. The number of fused-ring (bicyclic) bond motifs is 7. The van der Waals surface area contributed by atoms with Crippen LogP contribution < -0.4 is 0 Å². The molecule has 6 aliphatic rings. The first-order chi connectivity index (χ1) is 26.0. The Morgan fingerprint density at radius 3 is 2.31 bits per heavy atom. The highest BCUT2D eigenvalue weighted by Gasteiger charge is 2.72. The molecule has 9 heteroatoms. The van der Waals surface area contributed by atoms with Gasteiger partial charge in [0, 0.05) is 39.1 Å². The average Bonchev–Trinajstić information content (AvgIpc) is 3.55. The standard InChI is InChI=1S/C46H67FN2O6/c1-30(2)33-13-19-46(41(53)55-28-26-48-22-24-49(25-23-48)39(51)40(52)54-27-16-31-9-8-10-32(47)29-31)21-20-44(6)34(38(33)46)11-12-36-43(5)17-15-37(50)42(3,4)35(43)14-18-45(36,44)7/h8-10,29,33-38,50H,1,11-28H2,2-7H3. The second-order valence-electron chi connectivity index (χ2n) is 20.0. The quantitative estimate of drug-likeness (QED) is 0.166. The largest absolute Gasteiger partial charge is 0.464 e. The minimum Gasteiger partial charge on any atom is -0.464 e. The molecule has 5 saturated carbocycles. The Hall–Kier alpha value is -2.78. The normalized spacial score (nSPS) is 39.5. The Morgan fingerprint density at radius 2 is 1.60 bits per heavy atom. The minimum absolute atomic E-state index is 0.0127. The third-order valence-corrected chi connectivity index (χ3v) is 17.4. The number of benzene rings is 1. The Bertz CT molecular complexity index is 1660. The van der Waals surface area contributed by atoms with E-state index in [4.69, 9.17) is 9.47 Å². The summed E-state index contributed by atoms with van der Waals surface area (Å²) in [6.07, 6.45) is 10.6. The molecule has 304 valence electrons. The van der Waals surface area contributed by atoms with Gasteiger partial charge >= 0.3 is 17.8 Å². The van der Waals surface area contributed by atoms with Gasteiger partial charge in [-0.25, -0.2) is 9.18 Å². The van der Waals surface area contributed by atoms with Gasteiger partial charge in [-0.3, -0.25) is 14.5 Å². The van der Waals surface area contributed by atoms with E-state index in [2.05, 4.69) is 53.0 Å². The van der Waals surface area contributed by atoms with Crippen LogP contribution >= 0.6 is 0 Å². The van der Waals surface area contributed by atoms with Crippen LogP contribution in [0.2, 0.25) is 0 Å². The van der Waals surface area contributed by atoms with Crippen molar-refractivity contribution in [2.75, 3.05) is 45.9 Å². The van der Waals surface area contributed by atoms with Gasteiger partial charge in [-0.15, -0.1) is 0 Å². The zero-order valence-electron chi connectivity index (χ0n) is 34.5. The molecule has 10 unspecified atom stereocenters. The average molecular weight is 763 g/mol. The van der Waals surface area contributed by atoms with E-state index in [1.165, 1.54) is 41.9 Å². The molecule has 6 fully saturated rings. The van der Waals surface area contributed by atoms with Crippen LogP contribution in [0.15, 0.2) is 36.4 Å². The van der Waals surface area contributed by atoms with Crippen molar-refractivity contribution >= 4 is 17.8 Å². The Balaban J connectivity index is 0.956. The number of aliphatic hydroxyl groups excluding tert-OH is 1. The van der Waals surface area contributed by atoms with Gasteiger partial charge in [0.2, 0.25) is 0 Å². The number of carbonyl (C=O) groups is 3. The van der Waals surface area contributed by atoms with Crippen LogP contribution in [0.4, 0.5) is 4.39 Å². The van der Waals surface area contributed by atoms with Crippen molar-refractivity contribution in [3.8, 4) is 0 Å². The molecule has 1 heterocycles. The zero-order chi connectivity index (χ0) is 39.6. The molecule has 1 saturated heterocycles. The molecule has 1 amide bonds. The molecule has 55 heavy (non-hydrogen) atoms. The number of nitrogens with zero attached hydrogens (tertiary/aromatic N) is 2. The number of hydrogen-bond acceptors (Lipinski definition) is 7. The van der Waals surface area contributed by atoms with Gasteiger partial charge in [0.15, 0.2) is 0 Å². The van der Waals surface area contributed by atoms with E-state index in [9.17, 15) is 23.9 Å². The van der Waals surface area contributed by atoms with E-state index < -0.39 is 17.3 Å². The predicted molar refractivity (Wildman–Crippen MR) is 210 cm³/mol. The number of rotatable bonds is 8. The van der Waals surface area contributed by atoms with E-state index in [1.54, 1.807) is 12.1 Å². The summed E-state index contributed by atoms with van der Waals surface area (Å²) in [5, 5.41) is 11.1. The molecular weight excluding hydrogens is 696 g/mol. The Morgan fingerprint density at radius 1 is 0.855 bits per heavy atom. The topological polar surface area (TPSA) is 96.4 Å². The lowest BCUT2D eigenvalue weighted by Gasteiger charge is -2.72. The number of hydrogen-bond donors (Lipinski definition) is 1. The lowest BCUT2D eigenvalue weighted by atomic mass is 9.32. The van der Waals surface area contributed by atoms with Crippen LogP contribution in [-0.2, 0) is 30.3 Å². The molecule has 1 aliphatic heterocycles. The van der Waals surface area contributed by atoms with Gasteiger partial charge in [0.05, 0.1) is 18.1 Å². The number of halogens is 1. The highest BCUT2D eigenvalue weighted by Crippen LogP contribution is 2.77. The first-order valence-electron chi connectivity index (χ1n) is 21.4. The van der Waals surface area contributed by atoms with Crippen molar-refractivity contribution in [1.29, 1.82) is 0 Å². The summed E-state index contributed by atoms with van der Waals surface area (Å²) in [5.74, 6) is 0.242. The van der Waals surface area contributed by atoms with Crippen LogP contribution in [0, 0.1) is 62.5 Å².